The number of rotatable bonds is 9. The van der Waals surface area contributed by atoms with Crippen LogP contribution in [-0.2, 0) is 15.1 Å². The van der Waals surface area contributed by atoms with E-state index in [1.54, 1.807) is 25.6 Å². The van der Waals surface area contributed by atoms with Crippen molar-refractivity contribution in [3.05, 3.63) is 47.2 Å². The normalized spacial score (nSPS) is 20.1. The van der Waals surface area contributed by atoms with Crippen LogP contribution in [0.5, 0.6) is 5.88 Å². The molecule has 1 aliphatic carbocycles. The molecule has 0 atom stereocenters. The van der Waals surface area contributed by atoms with Gasteiger partial charge in [-0.1, -0.05) is 6.07 Å². The van der Waals surface area contributed by atoms with Gasteiger partial charge in [0.2, 0.25) is 11.8 Å². The van der Waals surface area contributed by atoms with Crippen molar-refractivity contribution in [3.8, 4) is 16.3 Å². The largest absolute Gasteiger partial charge is 0.481 e. The van der Waals surface area contributed by atoms with Gasteiger partial charge in [-0.15, -0.1) is 11.3 Å². The van der Waals surface area contributed by atoms with E-state index >= 15 is 0 Å². The van der Waals surface area contributed by atoms with Gasteiger partial charge in [0.25, 0.3) is 0 Å². The van der Waals surface area contributed by atoms with Gasteiger partial charge in [0.1, 0.15) is 17.2 Å². The molecule has 9 nitrogen and oxygen atoms in total. The van der Waals surface area contributed by atoms with Crippen LogP contribution in [0, 0.1) is 12.8 Å². The van der Waals surface area contributed by atoms with Crippen molar-refractivity contribution < 1.29 is 24.5 Å². The number of aliphatic carboxylic acids is 1. The molecule has 1 aliphatic rings. The second kappa shape index (κ2) is 10.5. The lowest BCUT2D eigenvalue weighted by atomic mass is 9.79. The number of nitrogens with zero attached hydrogens (tertiary/aromatic N) is 3. The summed E-state index contributed by atoms with van der Waals surface area (Å²) >= 11 is 1.44. The number of ether oxygens (including phenoxy) is 2. The maximum absolute atomic E-state index is 11.2. The summed E-state index contributed by atoms with van der Waals surface area (Å²) in [7, 11) is 1.61. The Morgan fingerprint density at radius 1 is 1.24 bits per heavy atom. The number of aromatic nitrogens is 3. The predicted molar refractivity (Wildman–Crippen MR) is 128 cm³/mol. The average molecular weight is 485 g/mol. The second-order valence-corrected chi connectivity index (χ2v) is 9.48. The first-order chi connectivity index (χ1) is 16.4. The fraction of sp³-hybridized carbons (Fsp3) is 0.417. The fourth-order valence-electron chi connectivity index (χ4n) is 4.02. The summed E-state index contributed by atoms with van der Waals surface area (Å²) in [5, 5.41) is 24.2. The lowest BCUT2D eigenvalue weighted by molar-refractivity contribution is -0.145. The third-order valence-electron chi connectivity index (χ3n) is 5.85. The van der Waals surface area contributed by atoms with E-state index in [0.717, 1.165) is 21.7 Å². The molecular weight excluding hydrogens is 456 g/mol. The van der Waals surface area contributed by atoms with Gasteiger partial charge >= 0.3 is 5.97 Å². The highest BCUT2D eigenvalue weighted by molar-refractivity contribution is 7.15. The van der Waals surface area contributed by atoms with Gasteiger partial charge in [0, 0.05) is 31.3 Å². The number of carbonyl (C=O) groups is 1. The molecule has 2 aromatic heterocycles. The Morgan fingerprint density at radius 3 is 2.76 bits per heavy atom. The SMILES string of the molecule is COCCOc1ccnc(Nc2cc(C)cc(-c3cnc([C@]4(O)CC[C@H](C(=O)O)CC4)s3)c2)n1. The maximum Gasteiger partial charge on any atom is 0.306 e. The number of nitrogens with one attached hydrogen (secondary N) is 1. The number of aliphatic hydroxyl groups is 1. The van der Waals surface area contributed by atoms with Crippen LogP contribution >= 0.6 is 11.3 Å². The lowest BCUT2D eigenvalue weighted by Gasteiger charge is -2.32. The Morgan fingerprint density at radius 2 is 2.03 bits per heavy atom. The monoisotopic (exact) mass is 484 g/mol. The zero-order valence-electron chi connectivity index (χ0n) is 19.2. The van der Waals surface area contributed by atoms with E-state index in [2.05, 4.69) is 26.3 Å². The molecule has 180 valence electrons. The smallest absolute Gasteiger partial charge is 0.306 e. The van der Waals surface area contributed by atoms with Crippen molar-refractivity contribution in [3.63, 3.8) is 0 Å². The first kappa shape index (κ1) is 24.1. The molecular formula is C24H28N4O5S. The molecule has 0 bridgehead atoms. The molecule has 0 spiro atoms. The summed E-state index contributed by atoms with van der Waals surface area (Å²) in [4.78, 5) is 25.3. The number of thiazole rings is 1. The number of methoxy groups -OCH3 is 1. The number of anilines is 2. The Labute approximate surface area is 201 Å². The molecule has 3 N–H and O–H groups in total. The fourth-order valence-corrected chi connectivity index (χ4v) is 5.07. The Kier molecular flexibility index (Phi) is 7.40. The van der Waals surface area contributed by atoms with E-state index in [9.17, 15) is 15.0 Å². The summed E-state index contributed by atoms with van der Waals surface area (Å²) < 4.78 is 10.5. The summed E-state index contributed by atoms with van der Waals surface area (Å²) in [6.45, 7) is 2.88. The lowest BCUT2D eigenvalue weighted by Crippen LogP contribution is -2.33. The van der Waals surface area contributed by atoms with Gasteiger partial charge in [-0.05, 0) is 55.9 Å². The standard InChI is InChI=1S/C24H28N4O5S/c1-15-11-17(13-18(12-15)27-23-25-8-5-20(28-23)33-10-9-32-2)19-14-26-22(34-19)24(31)6-3-16(4-7-24)21(29)30/h5,8,11-14,16,31H,3-4,6-7,9-10H2,1-2H3,(H,29,30)(H,25,27,28)/t16-,24-. The molecule has 0 aliphatic heterocycles. The van der Waals surface area contributed by atoms with Crippen LogP contribution < -0.4 is 10.1 Å². The number of hydrogen-bond acceptors (Lipinski definition) is 9. The highest BCUT2D eigenvalue weighted by atomic mass is 32.1. The van der Waals surface area contributed by atoms with Gasteiger partial charge < -0.3 is 25.0 Å². The van der Waals surface area contributed by atoms with E-state index in [-0.39, 0.29) is 0 Å². The number of benzene rings is 1. The number of hydrogen-bond donors (Lipinski definition) is 3. The van der Waals surface area contributed by atoms with E-state index in [0.29, 0.717) is 55.7 Å². The van der Waals surface area contributed by atoms with Crippen LogP contribution in [0.3, 0.4) is 0 Å². The zero-order chi connectivity index (χ0) is 24.1. The van der Waals surface area contributed by atoms with E-state index in [1.807, 2.05) is 19.1 Å². The predicted octanol–water partition coefficient (Wildman–Crippen LogP) is 4.14. The van der Waals surface area contributed by atoms with Crippen LogP contribution in [0.25, 0.3) is 10.4 Å². The van der Waals surface area contributed by atoms with Gasteiger partial charge in [-0.3, -0.25) is 4.79 Å². The second-order valence-electron chi connectivity index (χ2n) is 8.45. The highest BCUT2D eigenvalue weighted by Crippen LogP contribution is 2.43. The molecule has 4 rings (SSSR count). The molecule has 2 heterocycles. The highest BCUT2D eigenvalue weighted by Gasteiger charge is 2.39. The van der Waals surface area contributed by atoms with Crippen LogP contribution in [-0.4, -0.2) is 51.5 Å². The van der Waals surface area contributed by atoms with Gasteiger partial charge in [0.15, 0.2) is 0 Å². The van der Waals surface area contributed by atoms with E-state index < -0.39 is 17.5 Å². The van der Waals surface area contributed by atoms with Crippen LogP contribution in [0.4, 0.5) is 11.6 Å². The minimum Gasteiger partial charge on any atom is -0.481 e. The summed E-state index contributed by atoms with van der Waals surface area (Å²) in [6.07, 6.45) is 5.10. The summed E-state index contributed by atoms with van der Waals surface area (Å²) in [5.74, 6) is -0.310. The van der Waals surface area contributed by atoms with Crippen molar-refractivity contribution in [2.45, 2.75) is 38.2 Å². The van der Waals surface area contributed by atoms with Crippen LogP contribution in [0.1, 0.15) is 36.3 Å². The Hall–Kier alpha value is -3.08. The Bertz CT molecular complexity index is 1140. The quantitative estimate of drug-likeness (QED) is 0.384. The van der Waals surface area contributed by atoms with E-state index in [4.69, 9.17) is 9.47 Å². The van der Waals surface area contributed by atoms with Crippen molar-refractivity contribution >= 4 is 28.9 Å². The molecule has 0 unspecified atom stereocenters. The number of carboxylic acid groups (broad SMARTS) is 1. The maximum atomic E-state index is 11.2. The zero-order valence-corrected chi connectivity index (χ0v) is 20.0. The Balaban J connectivity index is 1.50. The summed E-state index contributed by atoms with van der Waals surface area (Å²) in [6, 6.07) is 7.72. The molecule has 0 radical (unpaired) electrons. The van der Waals surface area contributed by atoms with Crippen molar-refractivity contribution in [1.82, 2.24) is 15.0 Å². The molecule has 1 fully saturated rings. The van der Waals surface area contributed by atoms with Crippen molar-refractivity contribution in [1.29, 1.82) is 0 Å². The van der Waals surface area contributed by atoms with Crippen LogP contribution in [0.15, 0.2) is 36.7 Å². The average Bonchev–Trinajstić information content (AvgIpc) is 3.31. The number of aryl methyl sites for hydroxylation is 1. The van der Waals surface area contributed by atoms with Crippen molar-refractivity contribution in [2.75, 3.05) is 25.6 Å². The first-order valence-corrected chi connectivity index (χ1v) is 11.9. The molecule has 10 heteroatoms. The van der Waals surface area contributed by atoms with Gasteiger partial charge in [0.05, 0.1) is 17.4 Å². The molecule has 1 aromatic carbocycles. The first-order valence-electron chi connectivity index (χ1n) is 11.1. The molecule has 0 amide bonds. The topological polar surface area (TPSA) is 127 Å². The third kappa shape index (κ3) is 5.69. The molecule has 3 aromatic rings. The third-order valence-corrected chi connectivity index (χ3v) is 7.09. The van der Waals surface area contributed by atoms with E-state index in [1.165, 1.54) is 11.3 Å². The van der Waals surface area contributed by atoms with Gasteiger partial charge in [-0.2, -0.15) is 4.98 Å². The molecule has 0 saturated heterocycles. The molecule has 34 heavy (non-hydrogen) atoms. The minimum absolute atomic E-state index is 0.392. The van der Waals surface area contributed by atoms with Gasteiger partial charge in [-0.25, -0.2) is 9.97 Å². The van der Waals surface area contributed by atoms with Crippen LogP contribution in [0.2, 0.25) is 0 Å². The number of carboxylic acids is 1. The van der Waals surface area contributed by atoms with Crippen molar-refractivity contribution in [2.24, 2.45) is 5.92 Å². The summed E-state index contributed by atoms with van der Waals surface area (Å²) in [5.41, 5.74) is 1.75. The minimum atomic E-state index is -1.07. The molecule has 1 saturated carbocycles.